The van der Waals surface area contributed by atoms with E-state index in [4.69, 9.17) is 5.84 Å². The fraction of sp³-hybridized carbons (Fsp3) is 0.467. The molecule has 0 heterocycles. The molecule has 1 fully saturated rings. The first-order valence-corrected chi connectivity index (χ1v) is 6.99. The van der Waals surface area contributed by atoms with Gasteiger partial charge in [0, 0.05) is 11.8 Å². The average Bonchev–Trinajstić information content (AvgIpc) is 2.53. The van der Waals surface area contributed by atoms with E-state index in [1.165, 1.54) is 0 Å². The number of hydrazine groups is 1. The van der Waals surface area contributed by atoms with Gasteiger partial charge in [-0.3, -0.25) is 10.2 Å². The van der Waals surface area contributed by atoms with Crippen molar-refractivity contribution in [2.75, 3.05) is 0 Å². The van der Waals surface area contributed by atoms with Gasteiger partial charge in [0.2, 0.25) is 5.91 Å². The van der Waals surface area contributed by atoms with Crippen molar-refractivity contribution in [1.29, 1.82) is 0 Å². The summed E-state index contributed by atoms with van der Waals surface area (Å²) in [6.45, 7) is 0. The minimum atomic E-state index is -0.346. The van der Waals surface area contributed by atoms with Gasteiger partial charge in [-0.1, -0.05) is 41.9 Å². The third-order valence-corrected chi connectivity index (χ3v) is 4.21. The Bertz CT molecular complexity index is 487. The first-order valence-electron chi connectivity index (χ1n) is 6.99. The molecule has 0 aromatic heterocycles. The second-order valence-corrected chi connectivity index (χ2v) is 5.27. The normalized spacial score (nSPS) is 24.6. The molecule has 2 rings (SSSR count). The summed E-state index contributed by atoms with van der Waals surface area (Å²) in [6, 6.07) is 9.99. The summed E-state index contributed by atoms with van der Waals surface area (Å²) in [5, 5.41) is 12.9. The van der Waals surface area contributed by atoms with Gasteiger partial charge in [0.1, 0.15) is 0 Å². The first-order chi connectivity index (χ1) is 9.73. The Balaban J connectivity index is 2.34. The fourth-order valence-corrected chi connectivity index (χ4v) is 3.13. The summed E-state index contributed by atoms with van der Waals surface area (Å²) >= 11 is 0. The number of nitrogens with two attached hydrogens (primary N) is 1. The van der Waals surface area contributed by atoms with E-state index in [1.807, 2.05) is 30.3 Å². The van der Waals surface area contributed by atoms with E-state index in [1.54, 1.807) is 0 Å². The molecule has 5 heteroatoms. The van der Waals surface area contributed by atoms with Crippen LogP contribution in [0.3, 0.4) is 0 Å². The Morgan fingerprint density at radius 1 is 1.35 bits per heavy atom. The highest BCUT2D eigenvalue weighted by molar-refractivity contribution is 5.95. The molecule has 0 radical (unpaired) electrons. The summed E-state index contributed by atoms with van der Waals surface area (Å²) in [6.07, 6.45) is 4.70. The van der Waals surface area contributed by atoms with Crippen LogP contribution in [0.15, 0.2) is 35.5 Å². The molecule has 0 spiro atoms. The summed E-state index contributed by atoms with van der Waals surface area (Å²) < 4.78 is 0. The smallest absolute Gasteiger partial charge is 0.233 e. The van der Waals surface area contributed by atoms with Gasteiger partial charge in [-0.05, 0) is 31.2 Å². The second kappa shape index (κ2) is 6.52. The van der Waals surface area contributed by atoms with Crippen molar-refractivity contribution >= 4 is 11.6 Å². The number of oxime groups is 1. The highest BCUT2D eigenvalue weighted by Gasteiger charge is 2.40. The highest BCUT2D eigenvalue weighted by Crippen LogP contribution is 2.41. The predicted octanol–water partition coefficient (Wildman–Crippen LogP) is 2.10. The van der Waals surface area contributed by atoms with Crippen LogP contribution >= 0.6 is 0 Å². The molecule has 4 N–H and O–H groups in total. The molecule has 0 unspecified atom stereocenters. The van der Waals surface area contributed by atoms with Gasteiger partial charge in [0.15, 0.2) is 0 Å². The minimum Gasteiger partial charge on any atom is -0.411 e. The molecule has 1 saturated carbocycles. The van der Waals surface area contributed by atoms with E-state index in [0.29, 0.717) is 12.8 Å². The molecule has 5 nitrogen and oxygen atoms in total. The number of hydrogen-bond acceptors (Lipinski definition) is 4. The molecule has 0 aliphatic heterocycles. The second-order valence-electron chi connectivity index (χ2n) is 5.27. The number of carbonyl (C=O) groups excluding carboxylic acids is 1. The lowest BCUT2D eigenvalue weighted by Gasteiger charge is -2.38. The zero-order valence-corrected chi connectivity index (χ0v) is 11.5. The van der Waals surface area contributed by atoms with Crippen molar-refractivity contribution in [3.8, 4) is 0 Å². The van der Waals surface area contributed by atoms with Crippen LogP contribution in [-0.2, 0) is 10.2 Å². The number of nitrogens with one attached hydrogen (secondary N) is 1. The Kier molecular flexibility index (Phi) is 4.74. The Labute approximate surface area is 118 Å². The molecule has 1 atom stereocenters. The summed E-state index contributed by atoms with van der Waals surface area (Å²) in [5.41, 5.74) is 3.70. The standard InChI is InChI=1S/C15H21N3O2/c16-17-14(19)9-11-15(12-6-2-1-3-7-12)10-5-4-8-13(15)18-20/h1-3,6-7,20H,4-5,8-11,16H2,(H,17,19)/b18-13+/t15-/m0/s1. The van der Waals surface area contributed by atoms with Crippen LogP contribution in [-0.4, -0.2) is 16.8 Å². The number of carbonyl (C=O) groups is 1. The zero-order chi connectivity index (χ0) is 14.4. The van der Waals surface area contributed by atoms with Crippen molar-refractivity contribution in [1.82, 2.24) is 5.43 Å². The quantitative estimate of drug-likeness (QED) is 0.340. The summed E-state index contributed by atoms with van der Waals surface area (Å²) in [4.78, 5) is 11.5. The Morgan fingerprint density at radius 2 is 2.10 bits per heavy atom. The molecule has 1 aliphatic carbocycles. The van der Waals surface area contributed by atoms with Gasteiger partial charge >= 0.3 is 0 Å². The number of benzene rings is 1. The maximum atomic E-state index is 11.5. The lowest BCUT2D eigenvalue weighted by molar-refractivity contribution is -0.121. The van der Waals surface area contributed by atoms with Crippen molar-refractivity contribution in [3.63, 3.8) is 0 Å². The van der Waals surface area contributed by atoms with Gasteiger partial charge in [-0.15, -0.1) is 0 Å². The van der Waals surface area contributed by atoms with Crippen LogP contribution < -0.4 is 11.3 Å². The van der Waals surface area contributed by atoms with Gasteiger partial charge in [0.25, 0.3) is 0 Å². The third-order valence-electron chi connectivity index (χ3n) is 4.21. The molecule has 20 heavy (non-hydrogen) atoms. The van der Waals surface area contributed by atoms with Crippen molar-refractivity contribution < 1.29 is 10.0 Å². The lowest BCUT2D eigenvalue weighted by Crippen LogP contribution is -2.40. The van der Waals surface area contributed by atoms with Crippen molar-refractivity contribution in [3.05, 3.63) is 35.9 Å². The lowest BCUT2D eigenvalue weighted by atomic mass is 9.65. The maximum absolute atomic E-state index is 11.5. The van der Waals surface area contributed by atoms with Crippen LogP contribution in [0, 0.1) is 0 Å². The summed E-state index contributed by atoms with van der Waals surface area (Å²) in [5.74, 6) is 4.97. The molecule has 1 aromatic carbocycles. The topological polar surface area (TPSA) is 87.7 Å². The molecule has 1 aliphatic rings. The third kappa shape index (κ3) is 2.82. The van der Waals surface area contributed by atoms with Crippen LogP contribution in [0.25, 0.3) is 0 Å². The first kappa shape index (κ1) is 14.5. The largest absolute Gasteiger partial charge is 0.411 e. The Morgan fingerprint density at radius 3 is 2.75 bits per heavy atom. The van der Waals surface area contributed by atoms with Gasteiger partial charge in [-0.2, -0.15) is 0 Å². The Hall–Kier alpha value is -1.88. The molecule has 0 saturated heterocycles. The zero-order valence-electron chi connectivity index (χ0n) is 11.5. The molecular weight excluding hydrogens is 254 g/mol. The van der Waals surface area contributed by atoms with Gasteiger partial charge < -0.3 is 5.21 Å². The number of amides is 1. The van der Waals surface area contributed by atoms with E-state index in [0.717, 1.165) is 37.0 Å². The predicted molar refractivity (Wildman–Crippen MR) is 77.4 cm³/mol. The van der Waals surface area contributed by atoms with Crippen LogP contribution in [0.2, 0.25) is 0 Å². The summed E-state index contributed by atoms with van der Waals surface area (Å²) in [7, 11) is 0. The van der Waals surface area contributed by atoms with Crippen molar-refractivity contribution in [2.45, 2.75) is 43.9 Å². The van der Waals surface area contributed by atoms with Crippen molar-refractivity contribution in [2.24, 2.45) is 11.0 Å². The van der Waals surface area contributed by atoms with E-state index in [2.05, 4.69) is 10.6 Å². The SMILES string of the molecule is NNC(=O)CC[C@]1(c2ccccc2)CCCC/C1=N\O. The monoisotopic (exact) mass is 275 g/mol. The van der Waals surface area contributed by atoms with E-state index in [9.17, 15) is 10.0 Å². The van der Waals surface area contributed by atoms with Crippen LogP contribution in [0.4, 0.5) is 0 Å². The fourth-order valence-electron chi connectivity index (χ4n) is 3.13. The molecule has 108 valence electrons. The number of nitrogens with zero attached hydrogens (tertiary/aromatic N) is 1. The van der Waals surface area contributed by atoms with E-state index < -0.39 is 0 Å². The van der Waals surface area contributed by atoms with E-state index >= 15 is 0 Å². The maximum Gasteiger partial charge on any atom is 0.233 e. The molecule has 1 amide bonds. The van der Waals surface area contributed by atoms with Crippen LogP contribution in [0.5, 0.6) is 0 Å². The molecule has 0 bridgehead atoms. The van der Waals surface area contributed by atoms with E-state index in [-0.39, 0.29) is 11.3 Å². The highest BCUT2D eigenvalue weighted by atomic mass is 16.4. The average molecular weight is 275 g/mol. The minimum absolute atomic E-state index is 0.192. The number of rotatable bonds is 4. The van der Waals surface area contributed by atoms with Gasteiger partial charge in [-0.25, -0.2) is 5.84 Å². The molecule has 1 aromatic rings. The van der Waals surface area contributed by atoms with Gasteiger partial charge in [0.05, 0.1) is 5.71 Å². The number of hydrogen-bond donors (Lipinski definition) is 3. The van der Waals surface area contributed by atoms with Crippen LogP contribution in [0.1, 0.15) is 44.1 Å². The molecular formula is C15H21N3O2.